The summed E-state index contributed by atoms with van der Waals surface area (Å²) < 4.78 is 0. The average molecular weight is 247 g/mol. The maximum atomic E-state index is 11.8. The van der Waals surface area contributed by atoms with Crippen molar-refractivity contribution in [3.63, 3.8) is 0 Å². The summed E-state index contributed by atoms with van der Waals surface area (Å²) in [6.07, 6.45) is 2.76. The van der Waals surface area contributed by atoms with Crippen molar-refractivity contribution < 1.29 is 9.59 Å². The molecule has 0 aromatic heterocycles. The van der Waals surface area contributed by atoms with Crippen LogP contribution in [0.1, 0.15) is 19.8 Å². The van der Waals surface area contributed by atoms with Crippen LogP contribution < -0.4 is 11.5 Å². The van der Waals surface area contributed by atoms with E-state index in [2.05, 4.69) is 0 Å². The van der Waals surface area contributed by atoms with Crippen LogP contribution in [0.5, 0.6) is 0 Å². The van der Waals surface area contributed by atoms with Crippen molar-refractivity contribution in [2.24, 2.45) is 11.5 Å². The van der Waals surface area contributed by atoms with Gasteiger partial charge in [-0.1, -0.05) is 6.92 Å². The van der Waals surface area contributed by atoms with Crippen molar-refractivity contribution in [2.45, 2.75) is 31.8 Å². The lowest BCUT2D eigenvalue weighted by Crippen LogP contribution is -2.48. The number of thioether (sulfide) groups is 1. The lowest BCUT2D eigenvalue weighted by molar-refractivity contribution is -0.135. The molecule has 0 bridgehead atoms. The SMILES string of the molecule is CCC(CSC)N(C)C(=O)C(N)CC(N)=O. The standard InChI is InChI=1S/C10H21N3O2S/c1-4-7(6-16-3)13(2)10(15)8(11)5-9(12)14/h7-8H,4-6,11H2,1-3H3,(H2,12,14). The average Bonchev–Trinajstić information content (AvgIpc) is 2.22. The molecule has 0 aromatic carbocycles. The van der Waals surface area contributed by atoms with E-state index in [0.29, 0.717) is 0 Å². The van der Waals surface area contributed by atoms with Gasteiger partial charge in [0.1, 0.15) is 0 Å². The Morgan fingerprint density at radius 3 is 2.38 bits per heavy atom. The molecule has 0 aliphatic rings. The van der Waals surface area contributed by atoms with E-state index in [4.69, 9.17) is 11.5 Å². The molecule has 0 saturated carbocycles. The van der Waals surface area contributed by atoms with Crippen molar-refractivity contribution in [1.82, 2.24) is 4.90 Å². The summed E-state index contributed by atoms with van der Waals surface area (Å²) in [6, 6.07) is -0.667. The molecular weight excluding hydrogens is 226 g/mol. The Labute approximate surface area is 101 Å². The highest BCUT2D eigenvalue weighted by Gasteiger charge is 2.24. The molecule has 0 spiro atoms. The topological polar surface area (TPSA) is 89.4 Å². The van der Waals surface area contributed by atoms with Crippen LogP contribution in [0.2, 0.25) is 0 Å². The number of rotatable bonds is 7. The minimum absolute atomic E-state index is 0.0983. The van der Waals surface area contributed by atoms with Crippen LogP contribution in [0.25, 0.3) is 0 Å². The van der Waals surface area contributed by atoms with Gasteiger partial charge in [0.15, 0.2) is 0 Å². The summed E-state index contributed by atoms with van der Waals surface area (Å²) in [4.78, 5) is 24.1. The fraction of sp³-hybridized carbons (Fsp3) is 0.800. The second kappa shape index (κ2) is 7.51. The van der Waals surface area contributed by atoms with E-state index < -0.39 is 11.9 Å². The first kappa shape index (κ1) is 15.2. The van der Waals surface area contributed by atoms with Crippen LogP contribution in [0.3, 0.4) is 0 Å². The van der Waals surface area contributed by atoms with Gasteiger partial charge in [0.25, 0.3) is 0 Å². The summed E-state index contributed by atoms with van der Waals surface area (Å²) >= 11 is 1.68. The summed E-state index contributed by atoms with van der Waals surface area (Å²) in [5.74, 6) is 0.0917. The maximum absolute atomic E-state index is 11.8. The molecule has 2 unspecified atom stereocenters. The molecule has 5 nitrogen and oxygen atoms in total. The molecule has 0 heterocycles. The van der Waals surface area contributed by atoms with E-state index in [-0.39, 0.29) is 18.4 Å². The first-order valence-electron chi connectivity index (χ1n) is 5.23. The summed E-state index contributed by atoms with van der Waals surface area (Å²) in [5.41, 5.74) is 10.6. The lowest BCUT2D eigenvalue weighted by Gasteiger charge is -2.28. The summed E-state index contributed by atoms with van der Waals surface area (Å²) in [7, 11) is 1.72. The lowest BCUT2D eigenvalue weighted by atomic mass is 10.1. The summed E-state index contributed by atoms with van der Waals surface area (Å²) in [5, 5.41) is 0. The van der Waals surface area contributed by atoms with Gasteiger partial charge < -0.3 is 16.4 Å². The Bertz CT molecular complexity index is 248. The smallest absolute Gasteiger partial charge is 0.240 e. The van der Waals surface area contributed by atoms with Crippen LogP contribution in [0.4, 0.5) is 0 Å². The normalized spacial score (nSPS) is 14.2. The second-order valence-corrected chi connectivity index (χ2v) is 4.65. The largest absolute Gasteiger partial charge is 0.370 e. The van der Waals surface area contributed by atoms with E-state index >= 15 is 0 Å². The zero-order chi connectivity index (χ0) is 12.7. The van der Waals surface area contributed by atoms with E-state index in [0.717, 1.165) is 12.2 Å². The molecule has 6 heteroatoms. The third kappa shape index (κ3) is 4.85. The first-order valence-corrected chi connectivity index (χ1v) is 6.62. The van der Waals surface area contributed by atoms with Crippen molar-refractivity contribution in [3.05, 3.63) is 0 Å². The number of amides is 2. The Balaban J connectivity index is 4.39. The Morgan fingerprint density at radius 2 is 2.00 bits per heavy atom. The van der Waals surface area contributed by atoms with Crippen LogP contribution in [0.15, 0.2) is 0 Å². The minimum Gasteiger partial charge on any atom is -0.370 e. The van der Waals surface area contributed by atoms with Gasteiger partial charge in [-0.15, -0.1) is 0 Å². The zero-order valence-electron chi connectivity index (χ0n) is 10.1. The van der Waals surface area contributed by atoms with E-state index in [1.165, 1.54) is 0 Å². The summed E-state index contributed by atoms with van der Waals surface area (Å²) in [6.45, 7) is 2.02. The number of hydrogen-bond acceptors (Lipinski definition) is 4. The minimum atomic E-state index is -0.821. The molecule has 2 amide bonds. The van der Waals surface area contributed by atoms with E-state index in [1.54, 1.807) is 23.7 Å². The molecular formula is C10H21N3O2S. The molecule has 16 heavy (non-hydrogen) atoms. The zero-order valence-corrected chi connectivity index (χ0v) is 10.9. The predicted octanol–water partition coefficient (Wildman–Crippen LogP) is -0.211. The quantitative estimate of drug-likeness (QED) is 0.651. The number of hydrogen-bond donors (Lipinski definition) is 2. The monoisotopic (exact) mass is 247 g/mol. The van der Waals surface area contributed by atoms with Crippen LogP contribution >= 0.6 is 11.8 Å². The molecule has 0 aliphatic heterocycles. The number of primary amides is 1. The molecule has 4 N–H and O–H groups in total. The van der Waals surface area contributed by atoms with Gasteiger partial charge in [0, 0.05) is 18.8 Å². The van der Waals surface area contributed by atoms with E-state index in [1.807, 2.05) is 13.2 Å². The van der Waals surface area contributed by atoms with Crippen molar-refractivity contribution >= 4 is 23.6 Å². The predicted molar refractivity (Wildman–Crippen MR) is 67.0 cm³/mol. The molecule has 2 atom stereocenters. The van der Waals surface area contributed by atoms with Gasteiger partial charge in [0.05, 0.1) is 12.5 Å². The van der Waals surface area contributed by atoms with Crippen molar-refractivity contribution in [1.29, 1.82) is 0 Å². The highest BCUT2D eigenvalue weighted by atomic mass is 32.2. The van der Waals surface area contributed by atoms with Crippen LogP contribution in [-0.2, 0) is 9.59 Å². The number of carbonyl (C=O) groups excluding carboxylic acids is 2. The highest BCUT2D eigenvalue weighted by molar-refractivity contribution is 7.98. The molecule has 94 valence electrons. The number of carbonyl (C=O) groups is 2. The molecule has 0 aromatic rings. The van der Waals surface area contributed by atoms with Crippen LogP contribution in [-0.4, -0.2) is 47.9 Å². The molecule has 0 fully saturated rings. The Hall–Kier alpha value is -0.750. The van der Waals surface area contributed by atoms with Gasteiger partial charge in [0.2, 0.25) is 11.8 Å². The maximum Gasteiger partial charge on any atom is 0.240 e. The molecule has 0 radical (unpaired) electrons. The van der Waals surface area contributed by atoms with Crippen molar-refractivity contribution in [3.8, 4) is 0 Å². The Kier molecular flexibility index (Phi) is 7.16. The first-order chi connectivity index (χ1) is 7.43. The third-order valence-electron chi connectivity index (χ3n) is 2.46. The fourth-order valence-electron chi connectivity index (χ4n) is 1.44. The fourth-order valence-corrected chi connectivity index (χ4v) is 2.29. The number of nitrogens with two attached hydrogens (primary N) is 2. The van der Waals surface area contributed by atoms with Gasteiger partial charge in [-0.25, -0.2) is 0 Å². The molecule has 0 aliphatic carbocycles. The highest BCUT2D eigenvalue weighted by Crippen LogP contribution is 2.09. The molecule has 0 saturated heterocycles. The third-order valence-corrected chi connectivity index (χ3v) is 3.18. The van der Waals surface area contributed by atoms with Gasteiger partial charge >= 0.3 is 0 Å². The van der Waals surface area contributed by atoms with E-state index in [9.17, 15) is 9.59 Å². The van der Waals surface area contributed by atoms with Gasteiger partial charge in [-0.05, 0) is 12.7 Å². The second-order valence-electron chi connectivity index (χ2n) is 3.74. The van der Waals surface area contributed by atoms with Crippen molar-refractivity contribution in [2.75, 3.05) is 19.1 Å². The molecule has 0 rings (SSSR count). The number of likely N-dealkylation sites (N-methyl/N-ethyl adjacent to an activating group) is 1. The Morgan fingerprint density at radius 1 is 1.44 bits per heavy atom. The van der Waals surface area contributed by atoms with Gasteiger partial charge in [-0.2, -0.15) is 11.8 Å². The van der Waals surface area contributed by atoms with Crippen LogP contribution in [0, 0.1) is 0 Å². The van der Waals surface area contributed by atoms with Gasteiger partial charge in [-0.3, -0.25) is 9.59 Å². The number of nitrogens with zero attached hydrogens (tertiary/aromatic N) is 1.